The highest BCUT2D eigenvalue weighted by molar-refractivity contribution is 7.93. The van der Waals surface area contributed by atoms with Crippen LogP contribution in [0.2, 0.25) is 5.02 Å². The van der Waals surface area contributed by atoms with Crippen LogP contribution in [0.25, 0.3) is 0 Å². The van der Waals surface area contributed by atoms with Gasteiger partial charge in [0.2, 0.25) is 10.0 Å². The van der Waals surface area contributed by atoms with Crippen molar-refractivity contribution in [3.05, 3.63) is 53.6 Å². The lowest BCUT2D eigenvalue weighted by Gasteiger charge is -2.25. The molecule has 1 fully saturated rings. The predicted molar refractivity (Wildman–Crippen MR) is 111 cm³/mol. The summed E-state index contributed by atoms with van der Waals surface area (Å²) in [5.41, 5.74) is -0.434. The second kappa shape index (κ2) is 9.17. The third-order valence-electron chi connectivity index (χ3n) is 4.82. The van der Waals surface area contributed by atoms with Gasteiger partial charge in [-0.1, -0.05) is 30.5 Å². The molecule has 0 aliphatic carbocycles. The van der Waals surface area contributed by atoms with Gasteiger partial charge in [-0.3, -0.25) is 0 Å². The number of anilines is 1. The number of halogens is 3. The maximum Gasteiger partial charge on any atom is 0.328 e. The van der Waals surface area contributed by atoms with Crippen molar-refractivity contribution in [2.45, 2.75) is 42.0 Å². The van der Waals surface area contributed by atoms with Crippen LogP contribution in [0.4, 0.5) is 14.5 Å². The Balaban J connectivity index is 2.02. The summed E-state index contributed by atoms with van der Waals surface area (Å²) in [6, 6.07) is 9.43. The molecule has 0 radical (unpaired) electrons. The molecule has 2 aromatic carbocycles. The second-order valence-electron chi connectivity index (χ2n) is 6.85. The molecule has 1 heterocycles. The lowest BCUT2D eigenvalue weighted by Crippen LogP contribution is -2.36. The highest BCUT2D eigenvalue weighted by atomic mass is 35.5. The summed E-state index contributed by atoms with van der Waals surface area (Å²) in [7, 11) is -8.58. The highest BCUT2D eigenvalue weighted by Gasteiger charge is 2.33. The fraction of sp³-hybridized carbons (Fsp3) is 0.368. The first-order valence-corrected chi connectivity index (χ1v) is 12.6. The highest BCUT2D eigenvalue weighted by Crippen LogP contribution is 2.31. The van der Waals surface area contributed by atoms with E-state index in [-0.39, 0.29) is 19.1 Å². The second-order valence-corrected chi connectivity index (χ2v) is 11.0. The van der Waals surface area contributed by atoms with Gasteiger partial charge in [-0.2, -0.15) is 13.1 Å². The van der Waals surface area contributed by atoms with E-state index in [1.807, 2.05) is 0 Å². The summed E-state index contributed by atoms with van der Waals surface area (Å²) in [5, 5.41) is 0.253. The summed E-state index contributed by atoms with van der Waals surface area (Å²) in [6.07, 6.45) is 3.27. The van der Waals surface area contributed by atoms with E-state index in [0.717, 1.165) is 37.1 Å². The van der Waals surface area contributed by atoms with Gasteiger partial charge in [-0.25, -0.2) is 21.1 Å². The Morgan fingerprint density at radius 2 is 1.47 bits per heavy atom. The van der Waals surface area contributed by atoms with Gasteiger partial charge in [-0.15, -0.1) is 0 Å². The van der Waals surface area contributed by atoms with Crippen molar-refractivity contribution in [3.8, 4) is 0 Å². The van der Waals surface area contributed by atoms with E-state index in [0.29, 0.717) is 25.9 Å². The number of hydrogen-bond donors (Lipinski definition) is 0. The maximum atomic E-state index is 13.8. The van der Waals surface area contributed by atoms with E-state index in [4.69, 9.17) is 11.6 Å². The zero-order valence-corrected chi connectivity index (χ0v) is 18.3. The first-order valence-electron chi connectivity index (χ1n) is 9.32. The normalized spacial score (nSPS) is 16.4. The van der Waals surface area contributed by atoms with Crippen LogP contribution in [0.1, 0.15) is 25.7 Å². The van der Waals surface area contributed by atoms with Crippen LogP contribution in [0, 0.1) is 0 Å². The zero-order valence-electron chi connectivity index (χ0n) is 15.9. The van der Waals surface area contributed by atoms with Gasteiger partial charge in [0.15, 0.2) is 0 Å². The van der Waals surface area contributed by atoms with Crippen LogP contribution in [0.5, 0.6) is 0 Å². The topological polar surface area (TPSA) is 74.8 Å². The van der Waals surface area contributed by atoms with Crippen molar-refractivity contribution in [1.29, 1.82) is 0 Å². The largest absolute Gasteiger partial charge is 0.328 e. The minimum absolute atomic E-state index is 0.0856. The summed E-state index contributed by atoms with van der Waals surface area (Å²) in [6.45, 7) is -2.73. The van der Waals surface area contributed by atoms with Gasteiger partial charge in [-0.05, 0) is 55.3 Å². The smallest absolute Gasteiger partial charge is 0.207 e. The van der Waals surface area contributed by atoms with Crippen LogP contribution in [0.15, 0.2) is 58.3 Å². The molecule has 0 bridgehead atoms. The van der Waals surface area contributed by atoms with Crippen LogP contribution in [-0.4, -0.2) is 40.8 Å². The van der Waals surface area contributed by atoms with E-state index in [2.05, 4.69) is 0 Å². The molecule has 0 amide bonds. The molecule has 0 unspecified atom stereocenters. The number of benzene rings is 2. The molecule has 6 nitrogen and oxygen atoms in total. The van der Waals surface area contributed by atoms with Crippen LogP contribution >= 0.6 is 11.6 Å². The molecular formula is C19H21ClF2N2O4S2. The van der Waals surface area contributed by atoms with E-state index in [1.165, 1.54) is 28.6 Å². The third kappa shape index (κ3) is 4.77. The zero-order chi connectivity index (χ0) is 21.9. The van der Waals surface area contributed by atoms with Gasteiger partial charge in [0.1, 0.15) is 0 Å². The molecule has 0 atom stereocenters. The Morgan fingerprint density at radius 1 is 0.867 bits per heavy atom. The van der Waals surface area contributed by atoms with Crippen molar-refractivity contribution >= 4 is 37.3 Å². The summed E-state index contributed by atoms with van der Waals surface area (Å²) in [5.74, 6) is 0. The van der Waals surface area contributed by atoms with Crippen molar-refractivity contribution in [3.63, 3.8) is 0 Å². The lowest BCUT2D eigenvalue weighted by atomic mass is 10.2. The van der Waals surface area contributed by atoms with Crippen LogP contribution < -0.4 is 4.31 Å². The number of rotatable bonds is 6. The molecule has 3 rings (SSSR count). The Kier molecular flexibility index (Phi) is 7.01. The Morgan fingerprint density at radius 3 is 2.03 bits per heavy atom. The summed E-state index contributed by atoms with van der Waals surface area (Å²) >= 11 is 5.75. The van der Waals surface area contributed by atoms with Gasteiger partial charge in [0, 0.05) is 18.1 Å². The standard InChI is InChI=1S/C19H21ClF2N2O4S2/c20-15-8-10-17(11-9-15)30(27,28)24(19(21)22)16-6-5-7-18(14-16)29(25,26)23-12-3-1-2-4-13-23/h5-11,14,19H,1-4,12-13H2. The molecule has 0 aromatic heterocycles. The fourth-order valence-electron chi connectivity index (χ4n) is 3.29. The first-order chi connectivity index (χ1) is 14.1. The SMILES string of the molecule is O=S(=O)(c1cccc(N(C(F)F)S(=O)(=O)c2ccc(Cl)cc2)c1)N1CCCCCC1. The molecular weight excluding hydrogens is 458 g/mol. The average molecular weight is 479 g/mol. The van der Waals surface area contributed by atoms with E-state index < -0.39 is 32.3 Å². The Hall–Kier alpha value is -1.75. The van der Waals surface area contributed by atoms with Crippen molar-refractivity contribution in [2.24, 2.45) is 0 Å². The summed E-state index contributed by atoms with van der Waals surface area (Å²) < 4.78 is 80.6. The molecule has 164 valence electrons. The molecule has 11 heteroatoms. The first kappa shape index (κ1) is 22.9. The molecule has 30 heavy (non-hydrogen) atoms. The monoisotopic (exact) mass is 478 g/mol. The number of alkyl halides is 2. The number of sulfonamides is 2. The molecule has 0 spiro atoms. The Labute approximate surface area is 180 Å². The molecule has 1 aliphatic rings. The van der Waals surface area contributed by atoms with Crippen LogP contribution in [0.3, 0.4) is 0 Å². The Bertz CT molecular complexity index is 1090. The quantitative estimate of drug-likeness (QED) is 0.579. The summed E-state index contributed by atoms with van der Waals surface area (Å²) in [4.78, 5) is -0.605. The van der Waals surface area contributed by atoms with Crippen molar-refractivity contribution in [1.82, 2.24) is 4.31 Å². The molecule has 0 saturated carbocycles. The van der Waals surface area contributed by atoms with Gasteiger partial charge in [0.25, 0.3) is 10.0 Å². The fourth-order valence-corrected chi connectivity index (χ4v) is 6.28. The third-order valence-corrected chi connectivity index (χ3v) is 8.73. The minimum Gasteiger partial charge on any atom is -0.207 e. The van der Waals surface area contributed by atoms with E-state index in [1.54, 1.807) is 0 Å². The minimum atomic E-state index is -4.65. The predicted octanol–water partition coefficient (Wildman–Crippen LogP) is 4.32. The number of nitrogens with zero attached hydrogens (tertiary/aromatic N) is 2. The maximum absolute atomic E-state index is 13.8. The average Bonchev–Trinajstić information content (AvgIpc) is 2.98. The van der Waals surface area contributed by atoms with Gasteiger partial charge >= 0.3 is 6.55 Å². The molecule has 2 aromatic rings. The molecule has 0 N–H and O–H groups in total. The van der Waals surface area contributed by atoms with Crippen molar-refractivity contribution in [2.75, 3.05) is 17.4 Å². The van der Waals surface area contributed by atoms with E-state index in [9.17, 15) is 25.6 Å². The van der Waals surface area contributed by atoms with Gasteiger partial charge < -0.3 is 0 Å². The van der Waals surface area contributed by atoms with Crippen LogP contribution in [-0.2, 0) is 20.0 Å². The lowest BCUT2D eigenvalue weighted by molar-refractivity contribution is 0.162. The molecule has 1 aliphatic heterocycles. The molecule has 1 saturated heterocycles. The van der Waals surface area contributed by atoms with Crippen molar-refractivity contribution < 1.29 is 25.6 Å². The van der Waals surface area contributed by atoms with E-state index >= 15 is 0 Å². The number of hydrogen-bond acceptors (Lipinski definition) is 4. The van der Waals surface area contributed by atoms with Gasteiger partial charge in [0.05, 0.1) is 15.5 Å².